The largest absolute Gasteiger partial charge is 0.458 e. The van der Waals surface area contributed by atoms with Crippen molar-refractivity contribution in [3.05, 3.63) is 70.6 Å². The molecule has 0 N–H and O–H groups in total. The number of ether oxygens (including phenoxy) is 2. The molecule has 0 aliphatic carbocycles. The van der Waals surface area contributed by atoms with E-state index in [4.69, 9.17) is 9.47 Å². The van der Waals surface area contributed by atoms with Crippen molar-refractivity contribution in [1.29, 1.82) is 0 Å². The van der Waals surface area contributed by atoms with Crippen LogP contribution in [0.5, 0.6) is 0 Å². The molecule has 4 rings (SSSR count). The van der Waals surface area contributed by atoms with E-state index in [1.807, 2.05) is 18.2 Å². The van der Waals surface area contributed by atoms with Crippen molar-refractivity contribution in [3.8, 4) is 5.69 Å². The fourth-order valence-electron chi connectivity index (χ4n) is 3.26. The first-order valence-electron chi connectivity index (χ1n) is 9.10. The third-order valence-corrected chi connectivity index (χ3v) is 4.67. The molecule has 1 atom stereocenters. The van der Waals surface area contributed by atoms with Gasteiger partial charge in [-0.05, 0) is 37.5 Å². The van der Waals surface area contributed by atoms with Gasteiger partial charge < -0.3 is 9.47 Å². The third-order valence-electron chi connectivity index (χ3n) is 4.67. The Morgan fingerprint density at radius 3 is 2.56 bits per heavy atom. The minimum atomic E-state index is -0.551. The van der Waals surface area contributed by atoms with E-state index in [9.17, 15) is 9.59 Å². The van der Waals surface area contributed by atoms with Crippen molar-refractivity contribution < 1.29 is 14.3 Å². The molecule has 0 bridgehead atoms. The summed E-state index contributed by atoms with van der Waals surface area (Å²) in [7, 11) is 0. The van der Waals surface area contributed by atoms with Gasteiger partial charge in [0.15, 0.2) is 5.69 Å². The Labute approximate surface area is 156 Å². The summed E-state index contributed by atoms with van der Waals surface area (Å²) in [6.07, 6.45) is 2.92. The van der Waals surface area contributed by atoms with Gasteiger partial charge in [0.25, 0.3) is 5.56 Å². The van der Waals surface area contributed by atoms with Crippen LogP contribution in [0.15, 0.2) is 59.4 Å². The number of hydrogen-bond acceptors (Lipinski definition) is 5. The molecular weight excluding hydrogens is 344 g/mol. The molecule has 3 aromatic rings. The van der Waals surface area contributed by atoms with Crippen LogP contribution in [0.4, 0.5) is 0 Å². The van der Waals surface area contributed by atoms with Crippen LogP contribution in [0.2, 0.25) is 0 Å². The Hall–Kier alpha value is -2.99. The lowest BCUT2D eigenvalue weighted by molar-refractivity contribution is -0.0302. The first-order valence-corrected chi connectivity index (χ1v) is 9.10. The molecule has 1 unspecified atom stereocenters. The van der Waals surface area contributed by atoms with E-state index in [1.165, 1.54) is 4.68 Å². The monoisotopic (exact) mass is 364 g/mol. The molecular formula is C21H20N2O4. The number of benzene rings is 2. The molecule has 27 heavy (non-hydrogen) atoms. The number of rotatable bonds is 4. The van der Waals surface area contributed by atoms with E-state index >= 15 is 0 Å². The van der Waals surface area contributed by atoms with Crippen LogP contribution >= 0.6 is 0 Å². The SMILES string of the molecule is O=C(OCC1CCCCO1)c1nn(-c2ccccc2)c(=O)c2ccccc12. The van der Waals surface area contributed by atoms with E-state index in [0.717, 1.165) is 19.3 Å². The maximum Gasteiger partial charge on any atom is 0.359 e. The number of esters is 1. The van der Waals surface area contributed by atoms with Crippen LogP contribution in [-0.2, 0) is 9.47 Å². The average molecular weight is 364 g/mol. The van der Waals surface area contributed by atoms with Crippen LogP contribution in [0, 0.1) is 0 Å². The number of nitrogens with zero attached hydrogens (tertiary/aromatic N) is 2. The molecule has 1 fully saturated rings. The summed E-state index contributed by atoms with van der Waals surface area (Å²) in [4.78, 5) is 25.6. The molecule has 1 aliphatic heterocycles. The number of fused-ring (bicyclic) bond motifs is 1. The Morgan fingerprint density at radius 2 is 1.81 bits per heavy atom. The molecule has 1 aromatic heterocycles. The number of carbonyl (C=O) groups is 1. The topological polar surface area (TPSA) is 70.4 Å². The predicted molar refractivity (Wildman–Crippen MR) is 101 cm³/mol. The van der Waals surface area contributed by atoms with Crippen LogP contribution < -0.4 is 5.56 Å². The van der Waals surface area contributed by atoms with Gasteiger partial charge in [-0.15, -0.1) is 0 Å². The lowest BCUT2D eigenvalue weighted by atomic mass is 10.1. The molecule has 1 saturated heterocycles. The first-order chi connectivity index (χ1) is 13.2. The van der Waals surface area contributed by atoms with Gasteiger partial charge in [-0.1, -0.05) is 36.4 Å². The van der Waals surface area contributed by atoms with Crippen LogP contribution in [0.3, 0.4) is 0 Å². The van der Waals surface area contributed by atoms with Crippen molar-refractivity contribution in [3.63, 3.8) is 0 Å². The first kappa shape index (κ1) is 17.4. The average Bonchev–Trinajstić information content (AvgIpc) is 2.74. The van der Waals surface area contributed by atoms with Crippen LogP contribution in [0.1, 0.15) is 29.8 Å². The number of carbonyl (C=O) groups excluding carboxylic acids is 1. The summed E-state index contributed by atoms with van der Waals surface area (Å²) in [5.41, 5.74) is 0.451. The number of hydrogen-bond donors (Lipinski definition) is 0. The van der Waals surface area contributed by atoms with Gasteiger partial charge in [-0.3, -0.25) is 4.79 Å². The van der Waals surface area contributed by atoms with Gasteiger partial charge in [0, 0.05) is 12.0 Å². The van der Waals surface area contributed by atoms with Gasteiger partial charge in [0.2, 0.25) is 0 Å². The summed E-state index contributed by atoms with van der Waals surface area (Å²) in [5, 5.41) is 5.24. The Morgan fingerprint density at radius 1 is 1.07 bits per heavy atom. The Bertz CT molecular complexity index is 1010. The second kappa shape index (κ2) is 7.72. The van der Waals surface area contributed by atoms with E-state index in [1.54, 1.807) is 36.4 Å². The summed E-state index contributed by atoms with van der Waals surface area (Å²) in [5.74, 6) is -0.551. The maximum atomic E-state index is 12.8. The highest BCUT2D eigenvalue weighted by atomic mass is 16.6. The molecule has 0 radical (unpaired) electrons. The van der Waals surface area contributed by atoms with Gasteiger partial charge in [0.1, 0.15) is 6.61 Å². The lowest BCUT2D eigenvalue weighted by Crippen LogP contribution is -2.28. The molecule has 0 amide bonds. The third kappa shape index (κ3) is 3.61. The molecule has 6 heteroatoms. The molecule has 6 nitrogen and oxygen atoms in total. The van der Waals surface area contributed by atoms with Gasteiger partial charge in [0.05, 0.1) is 17.2 Å². The van der Waals surface area contributed by atoms with Crippen molar-refractivity contribution in [2.24, 2.45) is 0 Å². The zero-order valence-electron chi connectivity index (χ0n) is 14.8. The van der Waals surface area contributed by atoms with E-state index in [0.29, 0.717) is 23.1 Å². The zero-order valence-corrected chi connectivity index (χ0v) is 14.8. The second-order valence-corrected chi connectivity index (χ2v) is 6.53. The van der Waals surface area contributed by atoms with Crippen LogP contribution in [0.25, 0.3) is 16.5 Å². The highest BCUT2D eigenvalue weighted by Crippen LogP contribution is 2.18. The van der Waals surface area contributed by atoms with E-state index in [-0.39, 0.29) is 24.0 Å². The van der Waals surface area contributed by atoms with Gasteiger partial charge in [-0.2, -0.15) is 9.78 Å². The predicted octanol–water partition coefficient (Wildman–Crippen LogP) is 3.11. The number of aromatic nitrogens is 2. The normalized spacial score (nSPS) is 17.0. The highest BCUT2D eigenvalue weighted by Gasteiger charge is 2.21. The fourth-order valence-corrected chi connectivity index (χ4v) is 3.26. The van der Waals surface area contributed by atoms with Gasteiger partial charge >= 0.3 is 5.97 Å². The molecule has 0 saturated carbocycles. The Balaban J connectivity index is 1.71. The van der Waals surface area contributed by atoms with Crippen molar-refractivity contribution >= 4 is 16.7 Å². The molecule has 2 heterocycles. The quantitative estimate of drug-likeness (QED) is 0.665. The summed E-state index contributed by atoms with van der Waals surface area (Å²) < 4.78 is 12.3. The number of para-hydroxylation sites is 1. The minimum absolute atomic E-state index is 0.0750. The van der Waals surface area contributed by atoms with Crippen LogP contribution in [-0.4, -0.2) is 35.1 Å². The second-order valence-electron chi connectivity index (χ2n) is 6.53. The fraction of sp³-hybridized carbons (Fsp3) is 0.286. The van der Waals surface area contributed by atoms with Crippen molar-refractivity contribution in [2.45, 2.75) is 25.4 Å². The summed E-state index contributed by atoms with van der Waals surface area (Å²) >= 11 is 0. The summed E-state index contributed by atoms with van der Waals surface area (Å²) in [6.45, 7) is 0.890. The lowest BCUT2D eigenvalue weighted by Gasteiger charge is -2.22. The van der Waals surface area contributed by atoms with Crippen molar-refractivity contribution in [2.75, 3.05) is 13.2 Å². The van der Waals surface area contributed by atoms with Gasteiger partial charge in [-0.25, -0.2) is 4.79 Å². The minimum Gasteiger partial charge on any atom is -0.458 e. The standard InChI is InChI=1S/C21H20N2O4/c24-20-18-12-5-4-11-17(18)19(22-23(20)15-8-2-1-3-9-15)21(25)27-14-16-10-6-7-13-26-16/h1-5,8-9,11-12,16H,6-7,10,13-14H2. The van der Waals surface area contributed by atoms with E-state index in [2.05, 4.69) is 5.10 Å². The summed E-state index contributed by atoms with van der Waals surface area (Å²) in [6, 6.07) is 16.0. The highest BCUT2D eigenvalue weighted by molar-refractivity contribution is 6.02. The molecule has 138 valence electrons. The van der Waals surface area contributed by atoms with Crippen molar-refractivity contribution in [1.82, 2.24) is 9.78 Å². The molecule has 0 spiro atoms. The Kier molecular flexibility index (Phi) is 4.98. The maximum absolute atomic E-state index is 12.8. The van der Waals surface area contributed by atoms with E-state index < -0.39 is 5.97 Å². The molecule has 2 aromatic carbocycles. The smallest absolute Gasteiger partial charge is 0.359 e. The zero-order chi connectivity index (χ0) is 18.6. The molecule has 1 aliphatic rings.